The minimum absolute atomic E-state index is 0.549. The molecule has 0 saturated heterocycles. The van der Waals surface area contributed by atoms with Crippen LogP contribution in [0.2, 0.25) is 5.02 Å². The molecule has 2 aromatic carbocycles. The average molecular weight is 300 g/mol. The second-order valence-corrected chi connectivity index (χ2v) is 5.33. The Bertz CT molecular complexity index is 915. The molecule has 0 spiro atoms. The largest absolute Gasteiger partial charge is 0.329 e. The highest BCUT2D eigenvalue weighted by atomic mass is 35.5. The van der Waals surface area contributed by atoms with Crippen LogP contribution in [0, 0.1) is 23.0 Å². The van der Waals surface area contributed by atoms with Gasteiger partial charge in [-0.1, -0.05) is 23.7 Å². The van der Waals surface area contributed by atoms with E-state index in [0.717, 1.165) is 22.3 Å². The number of aryl methyl sites for hydroxylation is 1. The molecular formula is C15H10ClN3S. The second-order valence-electron chi connectivity index (χ2n) is 4.51. The maximum absolute atomic E-state index is 9.17. The zero-order chi connectivity index (χ0) is 14.3. The minimum Gasteiger partial charge on any atom is -0.329 e. The number of fused-ring (bicyclic) bond motifs is 1. The molecule has 0 aliphatic rings. The van der Waals surface area contributed by atoms with Gasteiger partial charge in [-0.15, -0.1) is 0 Å². The average Bonchev–Trinajstić information content (AvgIpc) is 2.77. The molecule has 0 saturated carbocycles. The number of hydrogen-bond acceptors (Lipinski definition) is 2. The Kier molecular flexibility index (Phi) is 3.09. The van der Waals surface area contributed by atoms with Crippen LogP contribution in [0.15, 0.2) is 36.4 Å². The molecule has 3 aromatic rings. The number of nitriles is 1. The van der Waals surface area contributed by atoms with E-state index in [1.165, 1.54) is 0 Å². The molecule has 5 heteroatoms. The number of nitrogens with one attached hydrogen (secondary N) is 1. The molecule has 1 heterocycles. The van der Waals surface area contributed by atoms with Crippen molar-refractivity contribution in [2.24, 2.45) is 0 Å². The van der Waals surface area contributed by atoms with Gasteiger partial charge >= 0.3 is 0 Å². The van der Waals surface area contributed by atoms with Crippen molar-refractivity contribution in [1.82, 2.24) is 9.55 Å². The molecule has 3 rings (SSSR count). The summed E-state index contributed by atoms with van der Waals surface area (Å²) in [4.78, 5) is 3.10. The van der Waals surface area contributed by atoms with E-state index >= 15 is 0 Å². The SMILES string of the molecule is Cc1ccc(Cl)cc1-n1c(=S)[nH]c2c(C#N)cccc21. The fourth-order valence-electron chi connectivity index (χ4n) is 2.29. The molecular weight excluding hydrogens is 290 g/mol. The van der Waals surface area contributed by atoms with Crippen LogP contribution in [0.4, 0.5) is 0 Å². The van der Waals surface area contributed by atoms with Gasteiger partial charge in [0.1, 0.15) is 6.07 Å². The van der Waals surface area contributed by atoms with Crippen LogP contribution in [-0.4, -0.2) is 9.55 Å². The highest BCUT2D eigenvalue weighted by Gasteiger charge is 2.11. The van der Waals surface area contributed by atoms with Gasteiger partial charge < -0.3 is 4.98 Å². The summed E-state index contributed by atoms with van der Waals surface area (Å²) in [6, 6.07) is 13.4. The minimum atomic E-state index is 0.549. The number of rotatable bonds is 1. The zero-order valence-corrected chi connectivity index (χ0v) is 12.2. The van der Waals surface area contributed by atoms with E-state index in [1.807, 2.05) is 41.8 Å². The molecule has 0 amide bonds. The Labute approximate surface area is 126 Å². The summed E-state index contributed by atoms with van der Waals surface area (Å²) in [5, 5.41) is 9.82. The number of H-pyrrole nitrogens is 1. The van der Waals surface area contributed by atoms with Crippen molar-refractivity contribution in [2.75, 3.05) is 0 Å². The third-order valence-corrected chi connectivity index (χ3v) is 3.77. The van der Waals surface area contributed by atoms with Gasteiger partial charge in [-0.05, 0) is 49.0 Å². The van der Waals surface area contributed by atoms with Crippen LogP contribution >= 0.6 is 23.8 Å². The summed E-state index contributed by atoms with van der Waals surface area (Å²) >= 11 is 11.5. The summed E-state index contributed by atoms with van der Waals surface area (Å²) in [5.74, 6) is 0. The van der Waals surface area contributed by atoms with Gasteiger partial charge in [0, 0.05) is 5.02 Å². The normalized spacial score (nSPS) is 10.7. The third kappa shape index (κ3) is 1.92. The Morgan fingerprint density at radius 2 is 2.10 bits per heavy atom. The number of hydrogen-bond donors (Lipinski definition) is 1. The fourth-order valence-corrected chi connectivity index (χ4v) is 2.75. The van der Waals surface area contributed by atoms with Crippen molar-refractivity contribution in [2.45, 2.75) is 6.92 Å². The van der Waals surface area contributed by atoms with Crippen molar-refractivity contribution >= 4 is 34.9 Å². The van der Waals surface area contributed by atoms with Gasteiger partial charge in [-0.25, -0.2) is 0 Å². The molecule has 0 aliphatic heterocycles. The second kappa shape index (κ2) is 4.78. The predicted octanol–water partition coefficient (Wildman–Crippen LogP) is 4.52. The highest BCUT2D eigenvalue weighted by molar-refractivity contribution is 7.71. The molecule has 20 heavy (non-hydrogen) atoms. The summed E-state index contributed by atoms with van der Waals surface area (Å²) in [6.07, 6.45) is 0. The van der Waals surface area contributed by atoms with Crippen LogP contribution < -0.4 is 0 Å². The summed E-state index contributed by atoms with van der Waals surface area (Å²) < 4.78 is 2.46. The standard InChI is InChI=1S/C15H10ClN3S/c1-9-5-6-11(16)7-13(9)19-12-4-2-3-10(8-17)14(12)18-15(19)20/h2-7H,1H3,(H,18,20). The Balaban J connectivity index is 2.44. The number of aromatic amines is 1. The Morgan fingerprint density at radius 3 is 2.85 bits per heavy atom. The lowest BCUT2D eigenvalue weighted by atomic mass is 10.1. The number of imidazole rings is 1. The zero-order valence-electron chi connectivity index (χ0n) is 10.6. The monoisotopic (exact) mass is 299 g/mol. The van der Waals surface area contributed by atoms with Crippen molar-refractivity contribution in [3.8, 4) is 11.8 Å². The lowest BCUT2D eigenvalue weighted by molar-refractivity contribution is 1.05. The first-order chi connectivity index (χ1) is 9.61. The third-order valence-electron chi connectivity index (χ3n) is 3.25. The van der Waals surface area contributed by atoms with Gasteiger partial charge in [-0.3, -0.25) is 4.57 Å². The van der Waals surface area contributed by atoms with E-state index in [4.69, 9.17) is 23.8 Å². The molecule has 3 nitrogen and oxygen atoms in total. The lowest BCUT2D eigenvalue weighted by Crippen LogP contribution is -1.97. The van der Waals surface area contributed by atoms with Gasteiger partial charge in [0.15, 0.2) is 4.77 Å². The topological polar surface area (TPSA) is 44.5 Å². The molecule has 0 atom stereocenters. The molecule has 0 aliphatic carbocycles. The molecule has 0 bridgehead atoms. The first kappa shape index (κ1) is 12.9. The quantitative estimate of drug-likeness (QED) is 0.671. The molecule has 1 N–H and O–H groups in total. The van der Waals surface area contributed by atoms with Gasteiger partial charge in [0.2, 0.25) is 0 Å². The van der Waals surface area contributed by atoms with Crippen molar-refractivity contribution in [3.05, 3.63) is 57.3 Å². The summed E-state index contributed by atoms with van der Waals surface area (Å²) in [6.45, 7) is 2.00. The van der Waals surface area contributed by atoms with E-state index in [1.54, 1.807) is 6.07 Å². The van der Waals surface area contributed by atoms with E-state index in [2.05, 4.69) is 11.1 Å². The Morgan fingerprint density at radius 1 is 1.30 bits per heavy atom. The number of aromatic nitrogens is 2. The highest BCUT2D eigenvalue weighted by Crippen LogP contribution is 2.26. The smallest absolute Gasteiger partial charge is 0.182 e. The Hall–Kier alpha value is -2.09. The van der Waals surface area contributed by atoms with E-state index in [0.29, 0.717) is 15.4 Å². The maximum Gasteiger partial charge on any atom is 0.182 e. The summed E-state index contributed by atoms with van der Waals surface area (Å²) in [5.41, 5.74) is 4.18. The van der Waals surface area contributed by atoms with Crippen LogP contribution in [0.5, 0.6) is 0 Å². The van der Waals surface area contributed by atoms with Crippen LogP contribution in [0.1, 0.15) is 11.1 Å². The number of benzene rings is 2. The molecule has 0 fully saturated rings. The first-order valence-corrected chi connectivity index (χ1v) is 6.81. The van der Waals surface area contributed by atoms with E-state index in [9.17, 15) is 5.26 Å². The van der Waals surface area contributed by atoms with E-state index in [-0.39, 0.29) is 0 Å². The van der Waals surface area contributed by atoms with Crippen molar-refractivity contribution in [3.63, 3.8) is 0 Å². The van der Waals surface area contributed by atoms with Gasteiger partial charge in [0.05, 0.1) is 22.3 Å². The fraction of sp³-hybridized carbons (Fsp3) is 0.0667. The maximum atomic E-state index is 9.17. The summed E-state index contributed by atoms with van der Waals surface area (Å²) in [7, 11) is 0. The lowest BCUT2D eigenvalue weighted by Gasteiger charge is -2.09. The number of nitrogens with zero attached hydrogens (tertiary/aromatic N) is 2. The molecule has 0 unspecified atom stereocenters. The van der Waals surface area contributed by atoms with Crippen LogP contribution in [0.25, 0.3) is 16.7 Å². The number of para-hydroxylation sites is 1. The molecule has 1 aromatic heterocycles. The van der Waals surface area contributed by atoms with Crippen LogP contribution in [0.3, 0.4) is 0 Å². The molecule has 0 radical (unpaired) electrons. The van der Waals surface area contributed by atoms with Crippen molar-refractivity contribution < 1.29 is 0 Å². The van der Waals surface area contributed by atoms with Gasteiger partial charge in [-0.2, -0.15) is 5.26 Å². The van der Waals surface area contributed by atoms with Crippen molar-refractivity contribution in [1.29, 1.82) is 5.26 Å². The predicted molar refractivity (Wildman–Crippen MR) is 82.9 cm³/mol. The molecule has 98 valence electrons. The van der Waals surface area contributed by atoms with E-state index < -0.39 is 0 Å². The van der Waals surface area contributed by atoms with Crippen LogP contribution in [-0.2, 0) is 0 Å². The van der Waals surface area contributed by atoms with Gasteiger partial charge in [0.25, 0.3) is 0 Å². The first-order valence-electron chi connectivity index (χ1n) is 6.02. The number of halogens is 1.